The third-order valence-corrected chi connectivity index (χ3v) is 6.43. The molecule has 8 nitrogen and oxygen atoms in total. The molecule has 1 aliphatic heterocycles. The minimum atomic E-state index is -0.722. The second-order valence-electron chi connectivity index (χ2n) is 9.52. The van der Waals surface area contributed by atoms with E-state index in [9.17, 15) is 19.2 Å². The van der Waals surface area contributed by atoms with Gasteiger partial charge in [-0.25, -0.2) is 5.48 Å². The van der Waals surface area contributed by atoms with E-state index in [0.29, 0.717) is 44.1 Å². The summed E-state index contributed by atoms with van der Waals surface area (Å²) in [7, 11) is 0. The first-order valence-corrected chi connectivity index (χ1v) is 11.9. The van der Waals surface area contributed by atoms with Crippen molar-refractivity contribution in [2.45, 2.75) is 96.9 Å². The fourth-order valence-electron chi connectivity index (χ4n) is 4.84. The van der Waals surface area contributed by atoms with Gasteiger partial charge >= 0.3 is 0 Å². The number of hydroxylamine groups is 1. The van der Waals surface area contributed by atoms with Gasteiger partial charge in [-0.3, -0.25) is 29.3 Å². The van der Waals surface area contributed by atoms with Crippen molar-refractivity contribution in [3.63, 3.8) is 0 Å². The fraction of sp³-hybridized carbons (Fsp3) is 0.826. The van der Waals surface area contributed by atoms with Gasteiger partial charge in [-0.15, -0.1) is 0 Å². The number of nitrogens with one attached hydrogen (secondary N) is 2. The summed E-state index contributed by atoms with van der Waals surface area (Å²) in [5, 5.41) is 11.4. The lowest BCUT2D eigenvalue weighted by Gasteiger charge is -2.31. The SMILES string of the molecule is CC(C)C[C@@H]1CC(=O)N([C@@H](CC2CCCCC2)C(=O)NCCCCCC(=O)NO)C1=O. The number of unbranched alkanes of at least 4 members (excludes halogenated alkanes) is 2. The van der Waals surface area contributed by atoms with Crippen molar-refractivity contribution in [3.8, 4) is 0 Å². The minimum Gasteiger partial charge on any atom is -0.354 e. The monoisotopic (exact) mass is 437 g/mol. The van der Waals surface area contributed by atoms with Gasteiger partial charge < -0.3 is 5.32 Å². The van der Waals surface area contributed by atoms with Crippen LogP contribution >= 0.6 is 0 Å². The standard InChI is InChI=1S/C23H39N3O5/c1-16(2)13-18-15-21(28)26(23(18)30)19(14-17-9-5-3-6-10-17)22(29)24-12-8-4-7-11-20(27)25-31/h16-19,31H,3-15H2,1-2H3,(H,24,29)(H,25,27)/t18-,19+/m1/s1. The van der Waals surface area contributed by atoms with Crippen LogP contribution in [0.15, 0.2) is 0 Å². The molecule has 0 aromatic carbocycles. The molecule has 1 heterocycles. The molecule has 1 saturated carbocycles. The zero-order valence-electron chi connectivity index (χ0n) is 19.0. The van der Waals surface area contributed by atoms with Crippen LogP contribution in [-0.4, -0.2) is 46.3 Å². The number of carbonyl (C=O) groups is 4. The van der Waals surface area contributed by atoms with Crippen molar-refractivity contribution < 1.29 is 24.4 Å². The molecule has 0 aromatic heterocycles. The van der Waals surface area contributed by atoms with E-state index in [1.807, 2.05) is 13.8 Å². The number of nitrogens with zero attached hydrogens (tertiary/aromatic N) is 1. The van der Waals surface area contributed by atoms with E-state index in [2.05, 4.69) is 5.32 Å². The number of rotatable bonds is 12. The quantitative estimate of drug-likeness (QED) is 0.188. The summed E-state index contributed by atoms with van der Waals surface area (Å²) in [5.41, 5.74) is 1.60. The molecule has 8 heteroatoms. The average Bonchev–Trinajstić information content (AvgIpc) is 3.01. The summed E-state index contributed by atoms with van der Waals surface area (Å²) in [6, 6.07) is -0.722. The van der Waals surface area contributed by atoms with Crippen molar-refractivity contribution in [3.05, 3.63) is 0 Å². The van der Waals surface area contributed by atoms with Gasteiger partial charge in [0.1, 0.15) is 6.04 Å². The van der Waals surface area contributed by atoms with Crippen LogP contribution in [0.25, 0.3) is 0 Å². The largest absolute Gasteiger partial charge is 0.354 e. The number of likely N-dealkylation sites (tertiary alicyclic amines) is 1. The Hall–Kier alpha value is -1.96. The Balaban J connectivity index is 1.96. The second kappa shape index (κ2) is 12.8. The molecule has 0 bridgehead atoms. The first-order valence-electron chi connectivity index (χ1n) is 11.9. The van der Waals surface area contributed by atoms with Gasteiger partial charge in [0.15, 0.2) is 0 Å². The Labute approximate surface area is 185 Å². The molecule has 2 atom stereocenters. The number of hydrogen-bond acceptors (Lipinski definition) is 5. The third-order valence-electron chi connectivity index (χ3n) is 6.43. The molecule has 2 rings (SSSR count). The molecular weight excluding hydrogens is 398 g/mol. The van der Waals surface area contributed by atoms with Gasteiger partial charge in [0, 0.05) is 25.3 Å². The van der Waals surface area contributed by atoms with Gasteiger partial charge in [0.05, 0.1) is 0 Å². The van der Waals surface area contributed by atoms with Crippen LogP contribution in [-0.2, 0) is 19.2 Å². The Morgan fingerprint density at radius 1 is 1.06 bits per heavy atom. The fourth-order valence-corrected chi connectivity index (χ4v) is 4.84. The van der Waals surface area contributed by atoms with E-state index in [4.69, 9.17) is 5.21 Å². The second-order valence-corrected chi connectivity index (χ2v) is 9.52. The molecule has 4 amide bonds. The number of imide groups is 1. The van der Waals surface area contributed by atoms with E-state index in [1.165, 1.54) is 11.3 Å². The number of hydrogen-bond donors (Lipinski definition) is 3. The Morgan fingerprint density at radius 3 is 2.42 bits per heavy atom. The van der Waals surface area contributed by atoms with Gasteiger partial charge in [-0.2, -0.15) is 0 Å². The van der Waals surface area contributed by atoms with E-state index in [1.54, 1.807) is 5.48 Å². The average molecular weight is 438 g/mol. The zero-order valence-corrected chi connectivity index (χ0v) is 19.0. The van der Waals surface area contributed by atoms with Crippen molar-refractivity contribution in [1.82, 2.24) is 15.7 Å². The highest BCUT2D eigenvalue weighted by Crippen LogP contribution is 2.33. The van der Waals surface area contributed by atoms with Crippen LogP contribution in [0.2, 0.25) is 0 Å². The first kappa shape index (κ1) is 25.3. The highest BCUT2D eigenvalue weighted by Gasteiger charge is 2.45. The van der Waals surface area contributed by atoms with E-state index < -0.39 is 11.9 Å². The molecule has 1 saturated heterocycles. The Morgan fingerprint density at radius 2 is 1.77 bits per heavy atom. The van der Waals surface area contributed by atoms with Gasteiger partial charge in [0.25, 0.3) is 0 Å². The summed E-state index contributed by atoms with van der Waals surface area (Å²) < 4.78 is 0. The molecule has 0 spiro atoms. The minimum absolute atomic E-state index is 0.190. The number of amides is 4. The lowest BCUT2D eigenvalue weighted by Crippen LogP contribution is -2.51. The predicted molar refractivity (Wildman–Crippen MR) is 116 cm³/mol. The van der Waals surface area contributed by atoms with Gasteiger partial charge in [-0.1, -0.05) is 52.4 Å². The highest BCUT2D eigenvalue weighted by molar-refractivity contribution is 6.06. The summed E-state index contributed by atoms with van der Waals surface area (Å²) in [5.74, 6) is -0.700. The lowest BCUT2D eigenvalue weighted by atomic mass is 9.84. The molecular formula is C23H39N3O5. The topological polar surface area (TPSA) is 116 Å². The highest BCUT2D eigenvalue weighted by atomic mass is 16.5. The van der Waals surface area contributed by atoms with Crippen LogP contribution in [0.4, 0.5) is 0 Å². The molecule has 0 unspecified atom stereocenters. The smallest absolute Gasteiger partial charge is 0.243 e. The molecule has 2 fully saturated rings. The maximum Gasteiger partial charge on any atom is 0.243 e. The van der Waals surface area contributed by atoms with Crippen molar-refractivity contribution >= 4 is 23.6 Å². The molecule has 0 aromatic rings. The van der Waals surface area contributed by atoms with Crippen LogP contribution in [0, 0.1) is 17.8 Å². The molecule has 3 N–H and O–H groups in total. The Bertz CT molecular complexity index is 631. The first-order chi connectivity index (χ1) is 14.8. The normalized spacial score (nSPS) is 20.9. The van der Waals surface area contributed by atoms with Crippen LogP contribution in [0.5, 0.6) is 0 Å². The maximum atomic E-state index is 13.1. The van der Waals surface area contributed by atoms with E-state index in [-0.39, 0.29) is 36.5 Å². The zero-order chi connectivity index (χ0) is 22.8. The van der Waals surface area contributed by atoms with E-state index >= 15 is 0 Å². The van der Waals surface area contributed by atoms with Crippen LogP contribution < -0.4 is 10.8 Å². The summed E-state index contributed by atoms with van der Waals surface area (Å²) >= 11 is 0. The van der Waals surface area contributed by atoms with Gasteiger partial charge in [0.2, 0.25) is 23.6 Å². The summed E-state index contributed by atoms with van der Waals surface area (Å²) in [6.45, 7) is 4.51. The van der Waals surface area contributed by atoms with Crippen LogP contribution in [0.1, 0.15) is 90.9 Å². The molecule has 176 valence electrons. The molecule has 31 heavy (non-hydrogen) atoms. The molecule has 1 aliphatic carbocycles. The predicted octanol–water partition coefficient (Wildman–Crippen LogP) is 2.93. The molecule has 2 aliphatic rings. The van der Waals surface area contributed by atoms with Gasteiger partial charge in [-0.05, 0) is 37.5 Å². The summed E-state index contributed by atoms with van der Waals surface area (Å²) in [4.78, 5) is 51.1. The van der Waals surface area contributed by atoms with E-state index in [0.717, 1.165) is 32.1 Å². The summed E-state index contributed by atoms with van der Waals surface area (Å²) in [6.07, 6.45) is 9.28. The third kappa shape index (κ3) is 7.91. The maximum absolute atomic E-state index is 13.1. The van der Waals surface area contributed by atoms with Crippen molar-refractivity contribution in [1.29, 1.82) is 0 Å². The van der Waals surface area contributed by atoms with Crippen molar-refractivity contribution in [2.24, 2.45) is 17.8 Å². The van der Waals surface area contributed by atoms with Crippen molar-refractivity contribution in [2.75, 3.05) is 6.54 Å². The lowest BCUT2D eigenvalue weighted by molar-refractivity contribution is -0.148. The number of carbonyl (C=O) groups excluding carboxylic acids is 4. The van der Waals surface area contributed by atoms with Crippen LogP contribution in [0.3, 0.4) is 0 Å². The Kier molecular flexibility index (Phi) is 10.4. The molecule has 0 radical (unpaired) electrons.